The molecule has 0 saturated carbocycles. The zero-order valence-electron chi connectivity index (χ0n) is 8.70. The molecule has 86 valence electrons. The molecule has 1 aliphatic rings. The van der Waals surface area contributed by atoms with Crippen LogP contribution in [0.2, 0.25) is 0 Å². The zero-order chi connectivity index (χ0) is 11.5. The minimum atomic E-state index is -0.487. The third kappa shape index (κ3) is 2.29. The van der Waals surface area contributed by atoms with Crippen molar-refractivity contribution in [2.24, 2.45) is 5.92 Å². The van der Waals surface area contributed by atoms with Crippen LogP contribution in [0.15, 0.2) is 18.2 Å². The highest BCUT2D eigenvalue weighted by Crippen LogP contribution is 2.27. The number of rotatable bonds is 2. The average Bonchev–Trinajstić information content (AvgIpc) is 2.76. The van der Waals surface area contributed by atoms with Gasteiger partial charge in [0, 0.05) is 11.7 Å². The topological polar surface area (TPSA) is 55.1 Å². The van der Waals surface area contributed by atoms with E-state index in [-0.39, 0.29) is 23.2 Å². The first-order valence-corrected chi connectivity index (χ1v) is 6.26. The van der Waals surface area contributed by atoms with Crippen LogP contribution < -0.4 is 11.1 Å². The second-order valence-electron chi connectivity index (χ2n) is 3.75. The predicted molar refractivity (Wildman–Crippen MR) is 64.9 cm³/mol. The molecule has 2 rings (SSSR count). The Hall–Kier alpha value is -1.23. The van der Waals surface area contributed by atoms with Crippen molar-refractivity contribution in [1.29, 1.82) is 0 Å². The van der Waals surface area contributed by atoms with Crippen molar-refractivity contribution in [3.8, 4) is 0 Å². The van der Waals surface area contributed by atoms with Gasteiger partial charge in [0.2, 0.25) is 5.91 Å². The first-order valence-electron chi connectivity index (χ1n) is 5.11. The summed E-state index contributed by atoms with van der Waals surface area (Å²) in [6.45, 7) is 0. The summed E-state index contributed by atoms with van der Waals surface area (Å²) < 4.78 is 13.4. The normalized spacial score (nSPS) is 19.7. The van der Waals surface area contributed by atoms with Gasteiger partial charge in [0.05, 0.1) is 5.69 Å². The lowest BCUT2D eigenvalue weighted by molar-refractivity contribution is -0.119. The van der Waals surface area contributed by atoms with Crippen LogP contribution in [0, 0.1) is 11.7 Å². The van der Waals surface area contributed by atoms with Crippen molar-refractivity contribution >= 4 is 29.0 Å². The lowest BCUT2D eigenvalue weighted by Gasteiger charge is -2.12. The lowest BCUT2D eigenvalue weighted by Crippen LogP contribution is -2.23. The fourth-order valence-electron chi connectivity index (χ4n) is 1.64. The number of nitrogens with one attached hydrogen (secondary N) is 1. The molecule has 5 heteroatoms. The van der Waals surface area contributed by atoms with Gasteiger partial charge in [-0.05, 0) is 24.3 Å². The maximum atomic E-state index is 13.4. The van der Waals surface area contributed by atoms with E-state index in [2.05, 4.69) is 5.32 Å². The number of para-hydroxylation sites is 1. The summed E-state index contributed by atoms with van der Waals surface area (Å²) in [5.41, 5.74) is 5.97. The number of anilines is 2. The molecular weight excluding hydrogens is 227 g/mol. The van der Waals surface area contributed by atoms with Crippen molar-refractivity contribution in [2.45, 2.75) is 6.42 Å². The monoisotopic (exact) mass is 240 g/mol. The molecule has 1 aromatic rings. The van der Waals surface area contributed by atoms with Crippen molar-refractivity contribution < 1.29 is 9.18 Å². The van der Waals surface area contributed by atoms with E-state index in [9.17, 15) is 9.18 Å². The summed E-state index contributed by atoms with van der Waals surface area (Å²) in [6, 6.07) is 4.38. The highest BCUT2D eigenvalue weighted by molar-refractivity contribution is 7.99. The predicted octanol–water partition coefficient (Wildman–Crippen LogP) is 2.10. The second-order valence-corrected chi connectivity index (χ2v) is 4.90. The number of nitrogens with two attached hydrogens (primary N) is 1. The van der Waals surface area contributed by atoms with Gasteiger partial charge in [0.1, 0.15) is 11.5 Å². The molecule has 1 aromatic carbocycles. The number of carbonyl (C=O) groups excluding carboxylic acids is 1. The van der Waals surface area contributed by atoms with Gasteiger partial charge in [-0.1, -0.05) is 6.07 Å². The molecular formula is C11H13FN2OS. The zero-order valence-corrected chi connectivity index (χ0v) is 9.52. The highest BCUT2D eigenvalue weighted by atomic mass is 32.2. The van der Waals surface area contributed by atoms with Crippen LogP contribution in [-0.2, 0) is 4.79 Å². The van der Waals surface area contributed by atoms with Crippen LogP contribution >= 0.6 is 11.8 Å². The van der Waals surface area contributed by atoms with Gasteiger partial charge in [0.15, 0.2) is 0 Å². The SMILES string of the molecule is Nc1cccc(F)c1NC(=O)C1CCSC1. The van der Waals surface area contributed by atoms with Crippen molar-refractivity contribution in [3.05, 3.63) is 24.0 Å². The molecule has 0 radical (unpaired) electrons. The van der Waals surface area contributed by atoms with E-state index < -0.39 is 5.82 Å². The molecule has 1 atom stereocenters. The molecule has 1 saturated heterocycles. The molecule has 3 N–H and O–H groups in total. The van der Waals surface area contributed by atoms with Crippen LogP contribution in [-0.4, -0.2) is 17.4 Å². The molecule has 0 aliphatic carbocycles. The molecule has 3 nitrogen and oxygen atoms in total. The Balaban J connectivity index is 2.11. The van der Waals surface area contributed by atoms with Crippen LogP contribution in [0.4, 0.5) is 15.8 Å². The first-order chi connectivity index (χ1) is 7.68. The van der Waals surface area contributed by atoms with Gasteiger partial charge in [-0.15, -0.1) is 0 Å². The molecule has 1 aliphatic heterocycles. The van der Waals surface area contributed by atoms with E-state index in [0.29, 0.717) is 0 Å². The maximum absolute atomic E-state index is 13.4. The van der Waals surface area contributed by atoms with Gasteiger partial charge in [0.25, 0.3) is 0 Å². The summed E-state index contributed by atoms with van der Waals surface area (Å²) in [6.07, 6.45) is 0.852. The fourth-order valence-corrected chi connectivity index (χ4v) is 2.86. The Morgan fingerprint density at radius 2 is 2.38 bits per heavy atom. The molecule has 1 unspecified atom stereocenters. The Morgan fingerprint density at radius 3 is 3.00 bits per heavy atom. The second kappa shape index (κ2) is 4.74. The van der Waals surface area contributed by atoms with Gasteiger partial charge in [-0.3, -0.25) is 4.79 Å². The molecule has 0 aromatic heterocycles. The third-order valence-electron chi connectivity index (χ3n) is 2.59. The van der Waals surface area contributed by atoms with Gasteiger partial charge >= 0.3 is 0 Å². The number of halogens is 1. The summed E-state index contributed by atoms with van der Waals surface area (Å²) >= 11 is 1.74. The largest absolute Gasteiger partial charge is 0.397 e. The molecule has 1 fully saturated rings. The summed E-state index contributed by atoms with van der Waals surface area (Å²) in [5, 5.41) is 2.57. The number of hydrogen-bond acceptors (Lipinski definition) is 3. The van der Waals surface area contributed by atoms with Crippen LogP contribution in [0.3, 0.4) is 0 Å². The van der Waals surface area contributed by atoms with Gasteiger partial charge in [-0.25, -0.2) is 4.39 Å². The van der Waals surface area contributed by atoms with Crippen molar-refractivity contribution in [3.63, 3.8) is 0 Å². The van der Waals surface area contributed by atoms with Crippen LogP contribution in [0.25, 0.3) is 0 Å². The number of carbonyl (C=O) groups is 1. The molecule has 16 heavy (non-hydrogen) atoms. The first kappa shape index (κ1) is 11.3. The number of hydrogen-bond donors (Lipinski definition) is 2. The number of nitrogen functional groups attached to an aromatic ring is 1. The van der Waals surface area contributed by atoms with Crippen molar-refractivity contribution in [2.75, 3.05) is 22.6 Å². The average molecular weight is 240 g/mol. The number of thioether (sulfide) groups is 1. The fraction of sp³-hybridized carbons (Fsp3) is 0.364. The Labute approximate surface area is 97.6 Å². The van der Waals surface area contributed by atoms with E-state index in [1.807, 2.05) is 0 Å². The molecule has 0 bridgehead atoms. The number of benzene rings is 1. The minimum Gasteiger partial charge on any atom is -0.397 e. The quantitative estimate of drug-likeness (QED) is 0.778. The smallest absolute Gasteiger partial charge is 0.228 e. The van der Waals surface area contributed by atoms with Gasteiger partial charge in [-0.2, -0.15) is 11.8 Å². The van der Waals surface area contributed by atoms with Crippen molar-refractivity contribution in [1.82, 2.24) is 0 Å². The molecule has 1 heterocycles. The lowest BCUT2D eigenvalue weighted by atomic mass is 10.1. The Kier molecular flexibility index (Phi) is 3.33. The molecule has 0 spiro atoms. The van der Waals surface area contributed by atoms with Crippen LogP contribution in [0.5, 0.6) is 0 Å². The van der Waals surface area contributed by atoms with E-state index >= 15 is 0 Å². The summed E-state index contributed by atoms with van der Waals surface area (Å²) in [7, 11) is 0. The van der Waals surface area contributed by atoms with Crippen LogP contribution in [0.1, 0.15) is 6.42 Å². The van der Waals surface area contributed by atoms with E-state index in [1.54, 1.807) is 17.8 Å². The van der Waals surface area contributed by atoms with Gasteiger partial charge < -0.3 is 11.1 Å². The minimum absolute atomic E-state index is 0.0241. The maximum Gasteiger partial charge on any atom is 0.228 e. The van der Waals surface area contributed by atoms with E-state index in [1.165, 1.54) is 12.1 Å². The van der Waals surface area contributed by atoms with E-state index in [4.69, 9.17) is 5.73 Å². The summed E-state index contributed by atoms with van der Waals surface area (Å²) in [4.78, 5) is 11.8. The number of amides is 1. The Bertz CT molecular complexity index is 385. The third-order valence-corrected chi connectivity index (χ3v) is 3.76. The van der Waals surface area contributed by atoms with E-state index in [0.717, 1.165) is 17.9 Å². The standard InChI is InChI=1S/C11H13FN2OS/c12-8-2-1-3-9(13)10(8)14-11(15)7-4-5-16-6-7/h1-3,7H,4-6,13H2,(H,14,15). The highest BCUT2D eigenvalue weighted by Gasteiger charge is 2.24. The summed E-state index contributed by atoms with van der Waals surface area (Å²) in [5.74, 6) is 1.15. The molecule has 1 amide bonds. The Morgan fingerprint density at radius 1 is 1.56 bits per heavy atom.